The van der Waals surface area contributed by atoms with Crippen molar-refractivity contribution in [2.45, 2.75) is 13.8 Å². The maximum atomic E-state index is 11.1. The zero-order valence-electron chi connectivity index (χ0n) is 9.13. The summed E-state index contributed by atoms with van der Waals surface area (Å²) < 4.78 is 1.76. The highest BCUT2D eigenvalue weighted by Gasteiger charge is 2.18. The van der Waals surface area contributed by atoms with Gasteiger partial charge in [-0.2, -0.15) is 0 Å². The third-order valence-electron chi connectivity index (χ3n) is 2.70. The Labute approximate surface area is 99.5 Å². The van der Waals surface area contributed by atoms with Gasteiger partial charge in [-0.05, 0) is 19.4 Å². The number of carboxylic acids is 1. The number of aryl methyl sites for hydroxylation is 2. The first-order valence-electron chi connectivity index (χ1n) is 4.92. The van der Waals surface area contributed by atoms with E-state index in [4.69, 9.17) is 5.11 Å². The van der Waals surface area contributed by atoms with Gasteiger partial charge >= 0.3 is 5.97 Å². The molecule has 17 heavy (non-hydrogen) atoms. The molecule has 7 heteroatoms. The predicted molar refractivity (Wildman–Crippen MR) is 62.6 cm³/mol. The molecule has 0 spiro atoms. The Bertz CT molecular complexity index is 758. The molecule has 0 aliphatic rings. The first-order valence-corrected chi connectivity index (χ1v) is 5.74. The lowest BCUT2D eigenvalue weighted by Crippen LogP contribution is -1.94. The van der Waals surface area contributed by atoms with Gasteiger partial charge in [0.05, 0.1) is 5.39 Å². The molecule has 6 nitrogen and oxygen atoms in total. The number of nitrogens with zero attached hydrogens (tertiary/aromatic N) is 4. The molecule has 3 aromatic rings. The van der Waals surface area contributed by atoms with Gasteiger partial charge < -0.3 is 5.11 Å². The van der Waals surface area contributed by atoms with Crippen LogP contribution in [0.5, 0.6) is 0 Å². The van der Waals surface area contributed by atoms with E-state index in [0.29, 0.717) is 20.9 Å². The van der Waals surface area contributed by atoms with Crippen molar-refractivity contribution in [2.75, 3.05) is 0 Å². The van der Waals surface area contributed by atoms with E-state index >= 15 is 0 Å². The van der Waals surface area contributed by atoms with Crippen molar-refractivity contribution < 1.29 is 9.90 Å². The molecule has 0 aliphatic heterocycles. The van der Waals surface area contributed by atoms with Crippen molar-refractivity contribution >= 4 is 33.2 Å². The fourth-order valence-electron chi connectivity index (χ4n) is 1.84. The second-order valence-corrected chi connectivity index (χ2v) is 4.73. The highest BCUT2D eigenvalue weighted by molar-refractivity contribution is 7.20. The largest absolute Gasteiger partial charge is 0.477 e. The topological polar surface area (TPSA) is 80.4 Å². The molecule has 0 unspecified atom stereocenters. The zero-order chi connectivity index (χ0) is 12.2. The van der Waals surface area contributed by atoms with Crippen LogP contribution in [-0.2, 0) is 0 Å². The van der Waals surface area contributed by atoms with Gasteiger partial charge in [-0.25, -0.2) is 9.78 Å². The highest BCUT2D eigenvalue weighted by atomic mass is 32.1. The lowest BCUT2D eigenvalue weighted by Gasteiger charge is -1.95. The molecule has 3 aromatic heterocycles. The molecule has 0 radical (unpaired) electrons. The number of rotatable bonds is 1. The van der Waals surface area contributed by atoms with E-state index in [0.717, 1.165) is 22.5 Å². The van der Waals surface area contributed by atoms with Gasteiger partial charge in [0.15, 0.2) is 5.65 Å². The van der Waals surface area contributed by atoms with Crippen molar-refractivity contribution in [3.8, 4) is 0 Å². The third kappa shape index (κ3) is 1.26. The van der Waals surface area contributed by atoms with Crippen LogP contribution in [0.25, 0.3) is 15.9 Å². The molecule has 0 saturated carbocycles. The molecule has 0 fully saturated rings. The van der Waals surface area contributed by atoms with Gasteiger partial charge in [0, 0.05) is 0 Å². The lowest BCUT2D eigenvalue weighted by atomic mass is 10.2. The van der Waals surface area contributed by atoms with Gasteiger partial charge in [-0.1, -0.05) is 0 Å². The van der Waals surface area contributed by atoms with Crippen molar-refractivity contribution in [3.63, 3.8) is 0 Å². The number of aromatic carboxylic acids is 1. The summed E-state index contributed by atoms with van der Waals surface area (Å²) in [5, 5.41) is 17.9. The molecule has 0 aromatic carbocycles. The number of fused-ring (bicyclic) bond motifs is 3. The molecule has 0 atom stereocenters. The minimum absolute atomic E-state index is 0.307. The van der Waals surface area contributed by atoms with E-state index in [9.17, 15) is 4.79 Å². The first kappa shape index (κ1) is 10.2. The van der Waals surface area contributed by atoms with E-state index in [-0.39, 0.29) is 0 Å². The fourth-order valence-corrected chi connectivity index (χ4v) is 2.83. The molecule has 0 bridgehead atoms. The number of hydrogen-bond donors (Lipinski definition) is 1. The van der Waals surface area contributed by atoms with Crippen molar-refractivity contribution in [2.24, 2.45) is 0 Å². The van der Waals surface area contributed by atoms with E-state index in [1.807, 2.05) is 6.92 Å². The summed E-state index contributed by atoms with van der Waals surface area (Å²) in [5.41, 5.74) is 1.36. The Morgan fingerprint density at radius 3 is 2.88 bits per heavy atom. The number of carboxylic acid groups (broad SMARTS) is 1. The number of hydrogen-bond acceptors (Lipinski definition) is 5. The molecule has 1 N–H and O–H groups in total. The summed E-state index contributed by atoms with van der Waals surface area (Å²) >= 11 is 1.16. The van der Waals surface area contributed by atoms with Gasteiger partial charge in [0.2, 0.25) is 0 Å². The van der Waals surface area contributed by atoms with Crippen LogP contribution in [-0.4, -0.2) is 30.7 Å². The Kier molecular flexibility index (Phi) is 1.93. The Balaban J connectivity index is 2.53. The molecular formula is C10H8N4O2S. The normalized spacial score (nSPS) is 11.4. The molecule has 3 heterocycles. The number of carbonyl (C=O) groups is 1. The zero-order valence-corrected chi connectivity index (χ0v) is 9.95. The highest BCUT2D eigenvalue weighted by Crippen LogP contribution is 2.31. The summed E-state index contributed by atoms with van der Waals surface area (Å²) in [4.78, 5) is 16.3. The summed E-state index contributed by atoms with van der Waals surface area (Å²) in [7, 11) is 0. The molecule has 0 saturated heterocycles. The van der Waals surface area contributed by atoms with Crippen LogP contribution in [0.3, 0.4) is 0 Å². The molecular weight excluding hydrogens is 240 g/mol. The van der Waals surface area contributed by atoms with Crippen LogP contribution in [0.2, 0.25) is 0 Å². The van der Waals surface area contributed by atoms with E-state index in [1.54, 1.807) is 17.7 Å². The van der Waals surface area contributed by atoms with Crippen molar-refractivity contribution in [1.29, 1.82) is 0 Å². The third-order valence-corrected chi connectivity index (χ3v) is 3.89. The molecule has 0 aliphatic carbocycles. The molecule has 86 valence electrons. The standard InChI is InChI=1S/C10H8N4O2S/c1-4-6-8-13-12-5(2)14(8)3-11-9(6)17-7(4)10(15)16/h3H,1-2H3,(H,15,16). The minimum Gasteiger partial charge on any atom is -0.477 e. The maximum Gasteiger partial charge on any atom is 0.346 e. The van der Waals surface area contributed by atoms with Crippen LogP contribution < -0.4 is 0 Å². The Morgan fingerprint density at radius 1 is 1.41 bits per heavy atom. The minimum atomic E-state index is -0.931. The summed E-state index contributed by atoms with van der Waals surface area (Å²) in [6.07, 6.45) is 1.62. The van der Waals surface area contributed by atoms with Crippen LogP contribution >= 0.6 is 11.3 Å². The molecule has 0 amide bonds. The second-order valence-electron chi connectivity index (χ2n) is 3.73. The smallest absolute Gasteiger partial charge is 0.346 e. The second kappa shape index (κ2) is 3.24. The summed E-state index contributed by atoms with van der Waals surface area (Å²) in [6, 6.07) is 0. The lowest BCUT2D eigenvalue weighted by molar-refractivity contribution is 0.0701. The first-order chi connectivity index (χ1) is 8.09. The maximum absolute atomic E-state index is 11.1. The van der Waals surface area contributed by atoms with E-state index < -0.39 is 5.97 Å². The van der Waals surface area contributed by atoms with Gasteiger partial charge in [-0.3, -0.25) is 4.40 Å². The predicted octanol–water partition coefficient (Wildman–Crippen LogP) is 1.65. The Hall–Kier alpha value is -2.02. The summed E-state index contributed by atoms with van der Waals surface area (Å²) in [5.74, 6) is -0.197. The van der Waals surface area contributed by atoms with Crippen molar-refractivity contribution in [3.05, 3.63) is 22.6 Å². The SMILES string of the molecule is Cc1c(C(=O)O)sc2ncn3c(C)nnc3c12. The fraction of sp³-hybridized carbons (Fsp3) is 0.200. The average molecular weight is 248 g/mol. The van der Waals surface area contributed by atoms with Crippen LogP contribution in [0, 0.1) is 13.8 Å². The van der Waals surface area contributed by atoms with Gasteiger partial charge in [-0.15, -0.1) is 21.5 Å². The van der Waals surface area contributed by atoms with E-state index in [1.165, 1.54) is 0 Å². The van der Waals surface area contributed by atoms with Crippen LogP contribution in [0.4, 0.5) is 0 Å². The summed E-state index contributed by atoms with van der Waals surface area (Å²) in [6.45, 7) is 3.60. The van der Waals surface area contributed by atoms with Gasteiger partial charge in [0.25, 0.3) is 0 Å². The van der Waals surface area contributed by atoms with Crippen molar-refractivity contribution in [1.82, 2.24) is 19.6 Å². The average Bonchev–Trinajstić information content (AvgIpc) is 2.81. The Morgan fingerprint density at radius 2 is 2.18 bits per heavy atom. The molecule has 3 rings (SSSR count). The quantitative estimate of drug-likeness (QED) is 0.708. The van der Waals surface area contributed by atoms with Crippen LogP contribution in [0.1, 0.15) is 21.1 Å². The monoisotopic (exact) mass is 248 g/mol. The van der Waals surface area contributed by atoms with Gasteiger partial charge in [0.1, 0.15) is 21.9 Å². The van der Waals surface area contributed by atoms with Crippen LogP contribution in [0.15, 0.2) is 6.33 Å². The number of thiophene rings is 1. The van der Waals surface area contributed by atoms with E-state index in [2.05, 4.69) is 15.2 Å². The number of aromatic nitrogens is 4.